The van der Waals surface area contributed by atoms with Crippen LogP contribution in [0.25, 0.3) is 6.08 Å². The number of carboxylic acids is 1. The summed E-state index contributed by atoms with van der Waals surface area (Å²) in [4.78, 5) is 30.6. The summed E-state index contributed by atoms with van der Waals surface area (Å²) < 4.78 is 12.0. The maximum atomic E-state index is 12.9. The number of amides is 1. The second-order valence-electron chi connectivity index (χ2n) is 6.37. The Hall–Kier alpha value is -2.53. The Labute approximate surface area is 198 Å². The maximum absolute atomic E-state index is 12.9. The van der Waals surface area contributed by atoms with E-state index < -0.39 is 5.97 Å². The van der Waals surface area contributed by atoms with E-state index in [-0.39, 0.29) is 11.5 Å². The van der Waals surface area contributed by atoms with Gasteiger partial charge in [0.25, 0.3) is 5.91 Å². The predicted octanol–water partition coefficient (Wildman–Crippen LogP) is 5.02. The second kappa shape index (κ2) is 10.2. The largest absolute Gasteiger partial charge is 0.493 e. The molecule has 9 heteroatoms. The third-order valence-electron chi connectivity index (χ3n) is 4.38. The number of rotatable bonds is 7. The van der Waals surface area contributed by atoms with Gasteiger partial charge in [0.05, 0.1) is 33.4 Å². The van der Waals surface area contributed by atoms with Crippen molar-refractivity contribution in [3.63, 3.8) is 0 Å². The number of amidine groups is 1. The number of methoxy groups -OCH3 is 1. The highest BCUT2D eigenvalue weighted by Crippen LogP contribution is 2.38. The first-order valence-electron chi connectivity index (χ1n) is 9.51. The van der Waals surface area contributed by atoms with Crippen molar-refractivity contribution >= 4 is 63.2 Å². The number of hydrogen-bond acceptors (Lipinski definition) is 6. The normalized spacial score (nSPS) is 16.3. The van der Waals surface area contributed by atoms with Crippen LogP contribution in [-0.2, 0) is 4.79 Å². The van der Waals surface area contributed by atoms with E-state index in [1.165, 1.54) is 23.9 Å². The number of thioether (sulfide) groups is 1. The summed E-state index contributed by atoms with van der Waals surface area (Å²) in [5, 5.41) is 9.59. The first kappa shape index (κ1) is 23.1. The molecule has 0 saturated carbocycles. The molecule has 2 aromatic rings. The van der Waals surface area contributed by atoms with Crippen LogP contribution >= 0.6 is 34.4 Å². The lowest BCUT2D eigenvalue weighted by molar-refractivity contribution is -0.122. The van der Waals surface area contributed by atoms with Gasteiger partial charge in [0, 0.05) is 6.54 Å². The Balaban J connectivity index is 1.93. The lowest BCUT2D eigenvalue weighted by atomic mass is 10.2. The average molecular weight is 552 g/mol. The molecule has 0 unspecified atom stereocenters. The summed E-state index contributed by atoms with van der Waals surface area (Å²) in [6.07, 6.45) is 1.81. The average Bonchev–Trinajstić information content (AvgIpc) is 3.04. The number of aromatic carboxylic acids is 1. The number of likely N-dealkylation sites (N-methyl/N-ethyl adjacent to an activating group) is 1. The van der Waals surface area contributed by atoms with Crippen LogP contribution in [0.5, 0.6) is 11.5 Å². The fourth-order valence-corrected chi connectivity index (χ4v) is 4.76. The highest BCUT2D eigenvalue weighted by molar-refractivity contribution is 14.1. The van der Waals surface area contributed by atoms with Gasteiger partial charge in [-0.3, -0.25) is 9.69 Å². The SMILES string of the molecule is CCOc1c(I)cc(/C=C2/SC(=Nc3ccc(C(=O)O)cc3)N(CC)C2=O)cc1OC. The van der Waals surface area contributed by atoms with Crippen molar-refractivity contribution in [3.8, 4) is 11.5 Å². The van der Waals surface area contributed by atoms with Crippen LogP contribution in [0.1, 0.15) is 29.8 Å². The van der Waals surface area contributed by atoms with Crippen LogP contribution in [0.2, 0.25) is 0 Å². The standard InChI is InChI=1S/C22H21IN2O5S/c1-4-25-20(26)18(12-13-10-16(23)19(30-5-2)17(11-13)29-3)31-22(25)24-15-8-6-14(7-9-15)21(27)28/h6-12H,4-5H2,1-3H3,(H,27,28)/b18-12+,24-22?. The van der Waals surface area contributed by atoms with E-state index in [2.05, 4.69) is 27.6 Å². The lowest BCUT2D eigenvalue weighted by Crippen LogP contribution is -2.28. The van der Waals surface area contributed by atoms with Gasteiger partial charge in [-0.05, 0) is 96.2 Å². The molecule has 3 rings (SSSR count). The number of halogens is 1. The number of nitrogens with zero attached hydrogens (tertiary/aromatic N) is 2. The third-order valence-corrected chi connectivity index (χ3v) is 6.19. The van der Waals surface area contributed by atoms with Gasteiger partial charge < -0.3 is 14.6 Å². The molecule has 2 aromatic carbocycles. The minimum atomic E-state index is -0.995. The van der Waals surface area contributed by atoms with E-state index >= 15 is 0 Å². The van der Waals surface area contributed by atoms with Gasteiger partial charge in [-0.2, -0.15) is 0 Å². The highest BCUT2D eigenvalue weighted by atomic mass is 127. The first-order chi connectivity index (χ1) is 14.9. The zero-order chi connectivity index (χ0) is 22.5. The molecule has 1 N–H and O–H groups in total. The predicted molar refractivity (Wildman–Crippen MR) is 130 cm³/mol. The number of aliphatic imine (C=N–C) groups is 1. The van der Waals surface area contributed by atoms with Crippen LogP contribution in [0, 0.1) is 3.57 Å². The van der Waals surface area contributed by atoms with Crippen LogP contribution in [0.15, 0.2) is 46.3 Å². The van der Waals surface area contributed by atoms with E-state index in [4.69, 9.17) is 14.6 Å². The Kier molecular flexibility index (Phi) is 7.60. The molecule has 1 amide bonds. The number of carbonyl (C=O) groups is 2. The Bertz CT molecular complexity index is 1070. The number of hydrogen-bond donors (Lipinski definition) is 1. The number of carbonyl (C=O) groups excluding carboxylic acids is 1. The summed E-state index contributed by atoms with van der Waals surface area (Å²) in [5.41, 5.74) is 1.59. The summed E-state index contributed by atoms with van der Waals surface area (Å²) >= 11 is 3.47. The number of carboxylic acid groups (broad SMARTS) is 1. The zero-order valence-electron chi connectivity index (χ0n) is 17.2. The molecule has 31 heavy (non-hydrogen) atoms. The highest BCUT2D eigenvalue weighted by Gasteiger charge is 2.32. The maximum Gasteiger partial charge on any atom is 0.335 e. The van der Waals surface area contributed by atoms with Crippen molar-refractivity contribution in [1.29, 1.82) is 0 Å². The minimum Gasteiger partial charge on any atom is -0.493 e. The smallest absolute Gasteiger partial charge is 0.335 e. The molecule has 0 aromatic heterocycles. The minimum absolute atomic E-state index is 0.128. The zero-order valence-corrected chi connectivity index (χ0v) is 20.2. The van der Waals surface area contributed by atoms with Gasteiger partial charge in [-0.1, -0.05) is 0 Å². The number of ether oxygens (including phenoxy) is 2. The van der Waals surface area contributed by atoms with Gasteiger partial charge in [0.2, 0.25) is 0 Å². The fourth-order valence-electron chi connectivity index (χ4n) is 2.92. The molecule has 1 heterocycles. The molecule has 1 aliphatic heterocycles. The van der Waals surface area contributed by atoms with E-state index in [0.29, 0.717) is 40.4 Å². The van der Waals surface area contributed by atoms with Crippen LogP contribution in [-0.4, -0.2) is 47.3 Å². The van der Waals surface area contributed by atoms with Crippen LogP contribution < -0.4 is 9.47 Å². The molecule has 0 radical (unpaired) electrons. The van der Waals surface area contributed by atoms with Crippen molar-refractivity contribution in [2.24, 2.45) is 4.99 Å². The summed E-state index contributed by atoms with van der Waals surface area (Å²) in [5.74, 6) is 0.165. The molecular formula is C22H21IN2O5S. The lowest BCUT2D eigenvalue weighted by Gasteiger charge is -2.12. The first-order valence-corrected chi connectivity index (χ1v) is 11.4. The van der Waals surface area contributed by atoms with E-state index in [1.807, 2.05) is 32.1 Å². The van der Waals surface area contributed by atoms with Crippen molar-refractivity contribution < 1.29 is 24.2 Å². The Morgan fingerprint density at radius 1 is 1.26 bits per heavy atom. The molecule has 0 atom stereocenters. The number of benzene rings is 2. The fraction of sp³-hybridized carbons (Fsp3) is 0.227. The van der Waals surface area contributed by atoms with Gasteiger partial charge >= 0.3 is 5.97 Å². The van der Waals surface area contributed by atoms with Crippen LogP contribution in [0.4, 0.5) is 5.69 Å². The monoisotopic (exact) mass is 552 g/mol. The molecule has 162 valence electrons. The van der Waals surface area contributed by atoms with Crippen molar-refractivity contribution in [2.75, 3.05) is 20.3 Å². The van der Waals surface area contributed by atoms with Gasteiger partial charge in [-0.25, -0.2) is 9.79 Å². The van der Waals surface area contributed by atoms with Crippen molar-refractivity contribution in [2.45, 2.75) is 13.8 Å². The molecule has 0 aliphatic carbocycles. The Morgan fingerprint density at radius 2 is 1.97 bits per heavy atom. The van der Waals surface area contributed by atoms with Crippen LogP contribution in [0.3, 0.4) is 0 Å². The Morgan fingerprint density at radius 3 is 2.55 bits per heavy atom. The molecule has 1 aliphatic rings. The van der Waals surface area contributed by atoms with Gasteiger partial charge in [0.15, 0.2) is 16.7 Å². The molecule has 1 saturated heterocycles. The topological polar surface area (TPSA) is 88.4 Å². The second-order valence-corrected chi connectivity index (χ2v) is 8.54. The van der Waals surface area contributed by atoms with Crippen molar-refractivity contribution in [1.82, 2.24) is 4.90 Å². The van der Waals surface area contributed by atoms with Gasteiger partial charge in [0.1, 0.15) is 0 Å². The summed E-state index contributed by atoms with van der Waals surface area (Å²) in [6.45, 7) is 4.79. The van der Waals surface area contributed by atoms with Gasteiger partial charge in [-0.15, -0.1) is 0 Å². The molecular weight excluding hydrogens is 531 g/mol. The third kappa shape index (κ3) is 5.21. The van der Waals surface area contributed by atoms with E-state index in [0.717, 1.165) is 9.13 Å². The molecule has 1 fully saturated rings. The van der Waals surface area contributed by atoms with E-state index in [1.54, 1.807) is 24.1 Å². The summed E-state index contributed by atoms with van der Waals surface area (Å²) in [6, 6.07) is 10.00. The molecule has 7 nitrogen and oxygen atoms in total. The molecule has 0 spiro atoms. The van der Waals surface area contributed by atoms with E-state index in [9.17, 15) is 9.59 Å². The quantitative estimate of drug-likeness (QED) is 0.384. The van der Waals surface area contributed by atoms with Crippen molar-refractivity contribution in [3.05, 3.63) is 56.0 Å². The molecule has 0 bridgehead atoms. The summed E-state index contributed by atoms with van der Waals surface area (Å²) in [7, 11) is 1.58.